The Labute approximate surface area is 216 Å². The molecule has 0 unspecified atom stereocenters. The predicted molar refractivity (Wildman–Crippen MR) is 164 cm³/mol. The lowest BCUT2D eigenvalue weighted by atomic mass is 10.3. The van der Waals surface area contributed by atoms with Gasteiger partial charge in [0.25, 0.3) is 0 Å². The third-order valence-corrected chi connectivity index (χ3v) is 32.0. The predicted octanol–water partition coefficient (Wildman–Crippen LogP) is 13.0. The quantitative estimate of drug-likeness (QED) is 0.0612. The molecule has 0 aromatic rings. The summed E-state index contributed by atoms with van der Waals surface area (Å²) in [7, 11) is -0.196. The summed E-state index contributed by atoms with van der Waals surface area (Å²) in [6.45, 7) is 14.5. The lowest BCUT2D eigenvalue weighted by Gasteiger charge is -2.42. The Balaban J connectivity index is 5.91. The Hall–Kier alpha value is 0.864. The van der Waals surface area contributed by atoms with Crippen molar-refractivity contribution in [1.82, 2.24) is 0 Å². The SMILES string of the molecule is CCCCC[Si](CCCCC)(CCCCC)[P][Si](CCCCC)(CCCCC)CCCCC. The van der Waals surface area contributed by atoms with Gasteiger partial charge in [-0.15, -0.1) is 7.68 Å². The molecule has 0 saturated heterocycles. The molecular formula is C30H66PSi2. The monoisotopic (exact) mass is 513 g/mol. The summed E-state index contributed by atoms with van der Waals surface area (Å²) in [4.78, 5) is 0. The number of unbranched alkanes of at least 4 members (excludes halogenated alkanes) is 12. The van der Waals surface area contributed by atoms with Crippen molar-refractivity contribution in [1.29, 1.82) is 0 Å². The standard InChI is InChI=1S/C30H66PSi2/c1-7-13-19-25-32(26-20-14-8-2,27-21-15-9-3)31-33(28-22-16-10-4,29-23-17-11-5)30-24-18-12-6/h7-30H2,1-6H3. The Morgan fingerprint density at radius 2 is 0.485 bits per heavy atom. The van der Waals surface area contributed by atoms with Crippen molar-refractivity contribution >= 4 is 23.2 Å². The Kier molecular flexibility index (Phi) is 23.9. The largest absolute Gasteiger partial charge is 0.111 e. The fourth-order valence-corrected chi connectivity index (χ4v) is 37.4. The van der Waals surface area contributed by atoms with Crippen LogP contribution in [0.5, 0.6) is 0 Å². The van der Waals surface area contributed by atoms with Gasteiger partial charge < -0.3 is 0 Å². The first kappa shape index (κ1) is 33.9. The first-order valence-corrected chi connectivity index (χ1v) is 23.6. The minimum atomic E-state index is -1.19. The van der Waals surface area contributed by atoms with Crippen LogP contribution in [-0.2, 0) is 0 Å². The summed E-state index contributed by atoms with van der Waals surface area (Å²) in [5.41, 5.74) is 0. The average molecular weight is 514 g/mol. The van der Waals surface area contributed by atoms with E-state index in [1.165, 1.54) is 77.0 Å². The maximum atomic E-state index is 2.41. The second kappa shape index (κ2) is 23.3. The topological polar surface area (TPSA) is 0 Å². The van der Waals surface area contributed by atoms with E-state index in [0.717, 1.165) is 0 Å². The Morgan fingerprint density at radius 1 is 0.303 bits per heavy atom. The molecule has 0 amide bonds. The number of hydrogen-bond acceptors (Lipinski definition) is 0. The highest BCUT2D eigenvalue weighted by Crippen LogP contribution is 2.54. The molecule has 0 nitrogen and oxygen atoms in total. The molecule has 0 saturated carbocycles. The summed E-state index contributed by atoms with van der Waals surface area (Å²) in [6, 6.07) is 10.1. The van der Waals surface area contributed by atoms with E-state index >= 15 is 0 Å². The molecule has 0 spiro atoms. The van der Waals surface area contributed by atoms with Gasteiger partial charge in [-0.1, -0.05) is 193 Å². The Morgan fingerprint density at radius 3 is 0.636 bits per heavy atom. The molecule has 0 aromatic carbocycles. The molecule has 3 heteroatoms. The summed E-state index contributed by atoms with van der Waals surface area (Å²) in [6.07, 6.45) is 26.6. The molecule has 0 heterocycles. The van der Waals surface area contributed by atoms with Crippen molar-refractivity contribution < 1.29 is 0 Å². The van der Waals surface area contributed by atoms with Gasteiger partial charge in [-0.05, 0) is 0 Å². The highest BCUT2D eigenvalue weighted by atomic mass is 31.6. The van der Waals surface area contributed by atoms with E-state index < -0.39 is 15.5 Å². The van der Waals surface area contributed by atoms with Gasteiger partial charge >= 0.3 is 0 Å². The van der Waals surface area contributed by atoms with Gasteiger partial charge in [0, 0.05) is 0 Å². The van der Waals surface area contributed by atoms with E-state index in [4.69, 9.17) is 0 Å². The maximum absolute atomic E-state index is 2.41. The normalized spacial score (nSPS) is 12.5. The minimum absolute atomic E-state index is 1.19. The first-order chi connectivity index (χ1) is 16.1. The highest BCUT2D eigenvalue weighted by molar-refractivity contribution is 8.07. The van der Waals surface area contributed by atoms with Gasteiger partial charge in [0.1, 0.15) is 0 Å². The zero-order valence-corrected chi connectivity index (χ0v) is 27.3. The van der Waals surface area contributed by atoms with Crippen LogP contribution in [0.1, 0.15) is 157 Å². The van der Waals surface area contributed by atoms with E-state index in [2.05, 4.69) is 49.2 Å². The molecule has 0 aliphatic rings. The molecule has 1 radical (unpaired) electrons. The van der Waals surface area contributed by atoms with Crippen LogP contribution >= 0.6 is 7.68 Å². The zero-order valence-electron chi connectivity index (χ0n) is 24.4. The van der Waals surface area contributed by atoms with Crippen molar-refractivity contribution in [3.63, 3.8) is 0 Å². The smallest absolute Gasteiger partial charge is 0.0810 e. The molecule has 0 aromatic heterocycles. The Bertz CT molecular complexity index is 310. The van der Waals surface area contributed by atoms with Crippen molar-refractivity contribution in [2.45, 2.75) is 193 Å². The van der Waals surface area contributed by atoms with Crippen LogP contribution in [0.15, 0.2) is 0 Å². The van der Waals surface area contributed by atoms with Crippen LogP contribution < -0.4 is 0 Å². The van der Waals surface area contributed by atoms with E-state index in [1.807, 2.05) is 0 Å². The molecule has 199 valence electrons. The third kappa shape index (κ3) is 17.0. The summed E-state index contributed by atoms with van der Waals surface area (Å²) in [5.74, 6) is 0. The van der Waals surface area contributed by atoms with E-state index in [0.29, 0.717) is 0 Å². The van der Waals surface area contributed by atoms with Crippen LogP contribution in [0, 0.1) is 0 Å². The van der Waals surface area contributed by atoms with Crippen molar-refractivity contribution in [2.24, 2.45) is 0 Å². The van der Waals surface area contributed by atoms with E-state index in [9.17, 15) is 0 Å². The molecule has 0 fully saturated rings. The van der Waals surface area contributed by atoms with Gasteiger partial charge in [-0.2, -0.15) is 0 Å². The molecule has 33 heavy (non-hydrogen) atoms. The average Bonchev–Trinajstić information content (AvgIpc) is 2.80. The number of rotatable bonds is 26. The summed E-state index contributed by atoms with van der Waals surface area (Å²) < 4.78 is 0. The van der Waals surface area contributed by atoms with E-state index in [-0.39, 0.29) is 0 Å². The first-order valence-electron chi connectivity index (χ1n) is 15.8. The van der Waals surface area contributed by atoms with Crippen LogP contribution in [0.25, 0.3) is 0 Å². The molecule has 0 N–H and O–H groups in total. The molecular weight excluding hydrogens is 447 g/mol. The van der Waals surface area contributed by atoms with E-state index in [1.54, 1.807) is 74.8 Å². The number of hydrogen-bond donors (Lipinski definition) is 0. The second-order valence-corrected chi connectivity index (χ2v) is 27.8. The zero-order chi connectivity index (χ0) is 24.7. The van der Waals surface area contributed by atoms with Gasteiger partial charge in [-0.25, -0.2) is 0 Å². The molecule has 0 atom stereocenters. The van der Waals surface area contributed by atoms with Gasteiger partial charge in [0.05, 0.1) is 15.5 Å². The third-order valence-electron chi connectivity index (χ3n) is 7.95. The van der Waals surface area contributed by atoms with Crippen molar-refractivity contribution in [3.8, 4) is 0 Å². The van der Waals surface area contributed by atoms with Crippen LogP contribution in [-0.4, -0.2) is 15.5 Å². The van der Waals surface area contributed by atoms with Crippen LogP contribution in [0.4, 0.5) is 0 Å². The molecule has 0 aliphatic carbocycles. The van der Waals surface area contributed by atoms with Crippen molar-refractivity contribution in [3.05, 3.63) is 0 Å². The van der Waals surface area contributed by atoms with Gasteiger partial charge in [0.15, 0.2) is 0 Å². The van der Waals surface area contributed by atoms with Crippen molar-refractivity contribution in [2.75, 3.05) is 0 Å². The lowest BCUT2D eigenvalue weighted by molar-refractivity contribution is 0.720. The summed E-state index contributed by atoms with van der Waals surface area (Å²) in [5, 5.41) is 0. The fraction of sp³-hybridized carbons (Fsp3) is 1.00. The summed E-state index contributed by atoms with van der Waals surface area (Å²) >= 11 is 0. The molecule has 0 rings (SSSR count). The second-order valence-electron chi connectivity index (χ2n) is 11.3. The molecule has 0 bridgehead atoms. The lowest BCUT2D eigenvalue weighted by Crippen LogP contribution is -2.40. The van der Waals surface area contributed by atoms with Gasteiger partial charge in [-0.3, -0.25) is 0 Å². The highest BCUT2D eigenvalue weighted by Gasteiger charge is 2.42. The van der Waals surface area contributed by atoms with Crippen LogP contribution in [0.3, 0.4) is 0 Å². The van der Waals surface area contributed by atoms with Gasteiger partial charge in [0.2, 0.25) is 0 Å². The maximum Gasteiger partial charge on any atom is 0.0810 e. The minimum Gasteiger partial charge on any atom is -0.111 e. The van der Waals surface area contributed by atoms with Crippen LogP contribution in [0.2, 0.25) is 36.3 Å². The fourth-order valence-electron chi connectivity index (χ4n) is 5.81. The molecule has 0 aliphatic heterocycles.